The Bertz CT molecular complexity index is 737. The van der Waals surface area contributed by atoms with Gasteiger partial charge in [-0.15, -0.1) is 0 Å². The molecule has 28 heavy (non-hydrogen) atoms. The molecule has 2 aliphatic rings. The van der Waals surface area contributed by atoms with Gasteiger partial charge in [0, 0.05) is 32.2 Å². The number of benzene rings is 1. The molecule has 1 heterocycles. The van der Waals surface area contributed by atoms with Crippen molar-refractivity contribution < 1.29 is 17.9 Å². The van der Waals surface area contributed by atoms with Crippen LogP contribution in [0.1, 0.15) is 39.0 Å². The van der Waals surface area contributed by atoms with E-state index in [9.17, 15) is 13.2 Å². The first kappa shape index (κ1) is 21.1. The Morgan fingerprint density at radius 1 is 1.07 bits per heavy atom. The topological polar surface area (TPSA) is 79.0 Å². The van der Waals surface area contributed by atoms with Gasteiger partial charge in [0.25, 0.3) is 5.91 Å². The van der Waals surface area contributed by atoms with Gasteiger partial charge in [-0.3, -0.25) is 4.79 Å². The maximum atomic E-state index is 12.5. The molecule has 1 aromatic carbocycles. The van der Waals surface area contributed by atoms with E-state index in [2.05, 4.69) is 16.5 Å². The summed E-state index contributed by atoms with van der Waals surface area (Å²) in [4.78, 5) is 16.6. The number of piperazine rings is 1. The minimum atomic E-state index is -3.52. The summed E-state index contributed by atoms with van der Waals surface area (Å²) in [6.07, 6.45) is 5.12. The molecule has 0 unspecified atom stereocenters. The first-order valence-corrected chi connectivity index (χ1v) is 11.7. The van der Waals surface area contributed by atoms with Gasteiger partial charge < -0.3 is 14.5 Å². The van der Waals surface area contributed by atoms with Crippen LogP contribution in [0.5, 0.6) is 5.75 Å². The molecular weight excluding hydrogens is 378 g/mol. The van der Waals surface area contributed by atoms with Crippen molar-refractivity contribution in [2.45, 2.75) is 50.0 Å². The lowest BCUT2D eigenvalue weighted by Gasteiger charge is -2.33. The zero-order chi connectivity index (χ0) is 20.0. The van der Waals surface area contributed by atoms with E-state index in [0.29, 0.717) is 5.75 Å². The summed E-state index contributed by atoms with van der Waals surface area (Å²) in [5.41, 5.74) is 0. The van der Waals surface area contributed by atoms with Crippen LogP contribution in [0.4, 0.5) is 0 Å². The second kappa shape index (κ2) is 9.71. The zero-order valence-electron chi connectivity index (χ0n) is 16.6. The predicted molar refractivity (Wildman–Crippen MR) is 108 cm³/mol. The summed E-state index contributed by atoms with van der Waals surface area (Å²) in [7, 11) is -3.52. The monoisotopic (exact) mass is 409 g/mol. The molecule has 1 N–H and O–H groups in total. The van der Waals surface area contributed by atoms with Crippen LogP contribution in [-0.2, 0) is 14.8 Å². The minimum absolute atomic E-state index is 0.0282. The highest BCUT2D eigenvalue weighted by Crippen LogP contribution is 2.21. The number of hydrogen-bond donors (Lipinski definition) is 1. The largest absolute Gasteiger partial charge is 0.484 e. The normalized spacial score (nSPS) is 19.5. The van der Waals surface area contributed by atoms with Gasteiger partial charge in [-0.05, 0) is 43.7 Å². The van der Waals surface area contributed by atoms with Crippen LogP contribution < -0.4 is 9.46 Å². The number of rotatable bonds is 7. The maximum Gasteiger partial charge on any atom is 0.260 e. The third-order valence-corrected chi connectivity index (χ3v) is 7.13. The fourth-order valence-electron chi connectivity index (χ4n) is 3.77. The number of carbonyl (C=O) groups excluding carboxylic acids is 1. The SMILES string of the molecule is CCN1CCN(C(=O)COc2ccc(S(=O)(=O)NC3CCCCC3)cc2)CC1. The highest BCUT2D eigenvalue weighted by molar-refractivity contribution is 7.89. The van der Waals surface area contributed by atoms with Gasteiger partial charge >= 0.3 is 0 Å². The van der Waals surface area contributed by atoms with Crippen LogP contribution in [0.15, 0.2) is 29.2 Å². The van der Waals surface area contributed by atoms with Crippen LogP contribution >= 0.6 is 0 Å². The average Bonchev–Trinajstić information content (AvgIpc) is 2.73. The lowest BCUT2D eigenvalue weighted by atomic mass is 9.96. The smallest absolute Gasteiger partial charge is 0.260 e. The lowest BCUT2D eigenvalue weighted by Crippen LogP contribution is -2.49. The lowest BCUT2D eigenvalue weighted by molar-refractivity contribution is -0.135. The van der Waals surface area contributed by atoms with Crippen molar-refractivity contribution in [1.29, 1.82) is 0 Å². The minimum Gasteiger partial charge on any atom is -0.484 e. The highest BCUT2D eigenvalue weighted by atomic mass is 32.2. The third kappa shape index (κ3) is 5.68. The number of carbonyl (C=O) groups is 1. The van der Waals surface area contributed by atoms with Gasteiger partial charge in [0.1, 0.15) is 5.75 Å². The molecule has 156 valence electrons. The van der Waals surface area contributed by atoms with Crippen molar-refractivity contribution in [3.63, 3.8) is 0 Å². The van der Waals surface area contributed by atoms with Crippen molar-refractivity contribution in [1.82, 2.24) is 14.5 Å². The Kier molecular flexibility index (Phi) is 7.31. The number of amides is 1. The Morgan fingerprint density at radius 3 is 2.32 bits per heavy atom. The number of likely N-dealkylation sites (N-methyl/N-ethyl adjacent to an activating group) is 1. The van der Waals surface area contributed by atoms with Crippen molar-refractivity contribution >= 4 is 15.9 Å². The van der Waals surface area contributed by atoms with E-state index in [-0.39, 0.29) is 23.5 Å². The first-order chi connectivity index (χ1) is 13.5. The van der Waals surface area contributed by atoms with Gasteiger partial charge in [0.05, 0.1) is 4.90 Å². The van der Waals surface area contributed by atoms with E-state index in [1.54, 1.807) is 12.1 Å². The van der Waals surface area contributed by atoms with E-state index in [4.69, 9.17) is 4.74 Å². The summed E-state index contributed by atoms with van der Waals surface area (Å²) in [5.74, 6) is 0.462. The van der Waals surface area contributed by atoms with Gasteiger partial charge in [-0.2, -0.15) is 0 Å². The number of sulfonamides is 1. The Hall–Kier alpha value is -1.64. The highest BCUT2D eigenvalue weighted by Gasteiger charge is 2.22. The summed E-state index contributed by atoms with van der Waals surface area (Å²) in [5, 5.41) is 0. The molecule has 2 fully saturated rings. The van der Waals surface area contributed by atoms with Crippen LogP contribution in [0.25, 0.3) is 0 Å². The number of nitrogens with one attached hydrogen (secondary N) is 1. The molecule has 1 aromatic rings. The van der Waals surface area contributed by atoms with Gasteiger partial charge in [-0.1, -0.05) is 26.2 Å². The van der Waals surface area contributed by atoms with Gasteiger partial charge in [0.2, 0.25) is 10.0 Å². The molecule has 7 nitrogen and oxygen atoms in total. The third-order valence-electron chi connectivity index (χ3n) is 5.60. The molecule has 0 radical (unpaired) electrons. The average molecular weight is 410 g/mol. The Morgan fingerprint density at radius 2 is 1.71 bits per heavy atom. The molecule has 0 atom stereocenters. The number of hydrogen-bond acceptors (Lipinski definition) is 5. The quantitative estimate of drug-likeness (QED) is 0.743. The van der Waals surface area contributed by atoms with Gasteiger partial charge in [-0.25, -0.2) is 13.1 Å². The maximum absolute atomic E-state index is 12.5. The van der Waals surface area contributed by atoms with Crippen LogP contribution in [0.3, 0.4) is 0 Å². The van der Waals surface area contributed by atoms with Crippen LogP contribution in [0.2, 0.25) is 0 Å². The van der Waals surface area contributed by atoms with Crippen LogP contribution in [0, 0.1) is 0 Å². The van der Waals surface area contributed by atoms with E-state index >= 15 is 0 Å². The standard InChI is InChI=1S/C20H31N3O4S/c1-2-22-12-14-23(15-13-22)20(24)16-27-18-8-10-19(11-9-18)28(25,26)21-17-6-4-3-5-7-17/h8-11,17,21H,2-7,12-16H2,1H3. The van der Waals surface area contributed by atoms with E-state index in [0.717, 1.165) is 58.4 Å². The first-order valence-electron chi connectivity index (χ1n) is 10.2. The molecule has 1 saturated carbocycles. The molecular formula is C20H31N3O4S. The second-order valence-electron chi connectivity index (χ2n) is 7.53. The Balaban J connectivity index is 1.49. The molecule has 0 aromatic heterocycles. The molecule has 1 saturated heterocycles. The van der Waals surface area contributed by atoms with E-state index in [1.165, 1.54) is 18.6 Å². The summed E-state index contributed by atoms with van der Waals surface area (Å²) >= 11 is 0. The molecule has 0 bridgehead atoms. The molecule has 3 rings (SSSR count). The fourth-order valence-corrected chi connectivity index (χ4v) is 5.08. The molecule has 1 aliphatic carbocycles. The molecule has 8 heteroatoms. The summed E-state index contributed by atoms with van der Waals surface area (Å²) in [6.45, 7) is 6.32. The second-order valence-corrected chi connectivity index (χ2v) is 9.25. The predicted octanol–water partition coefficient (Wildman–Crippen LogP) is 1.84. The van der Waals surface area contributed by atoms with E-state index < -0.39 is 10.0 Å². The van der Waals surface area contributed by atoms with Crippen molar-refractivity contribution in [2.24, 2.45) is 0 Å². The Labute approximate surface area is 168 Å². The van der Waals surface area contributed by atoms with Crippen molar-refractivity contribution in [2.75, 3.05) is 39.3 Å². The summed E-state index contributed by atoms with van der Waals surface area (Å²) in [6, 6.07) is 6.31. The fraction of sp³-hybridized carbons (Fsp3) is 0.650. The number of ether oxygens (including phenoxy) is 1. The number of nitrogens with zero attached hydrogens (tertiary/aromatic N) is 2. The van der Waals surface area contributed by atoms with Crippen molar-refractivity contribution in [3.05, 3.63) is 24.3 Å². The zero-order valence-corrected chi connectivity index (χ0v) is 17.4. The van der Waals surface area contributed by atoms with E-state index in [1.807, 2.05) is 4.90 Å². The molecule has 1 amide bonds. The molecule has 0 spiro atoms. The summed E-state index contributed by atoms with van der Waals surface area (Å²) < 4.78 is 33.4. The molecule has 1 aliphatic heterocycles. The van der Waals surface area contributed by atoms with Crippen LogP contribution in [-0.4, -0.2) is 69.5 Å². The van der Waals surface area contributed by atoms with Crippen molar-refractivity contribution in [3.8, 4) is 5.75 Å². The van der Waals surface area contributed by atoms with Gasteiger partial charge in [0.15, 0.2) is 6.61 Å².